The van der Waals surface area contributed by atoms with Gasteiger partial charge < -0.3 is 10.1 Å². The number of carbonyl (C=O) groups is 3. The van der Waals surface area contributed by atoms with Crippen LogP contribution < -0.4 is 10.1 Å². The van der Waals surface area contributed by atoms with Gasteiger partial charge in [-0.05, 0) is 68.2 Å². The van der Waals surface area contributed by atoms with Crippen molar-refractivity contribution in [1.82, 2.24) is 4.90 Å². The molecule has 0 unspecified atom stereocenters. The van der Waals surface area contributed by atoms with Crippen LogP contribution in [-0.2, 0) is 14.4 Å². The molecule has 0 aromatic heterocycles. The Balaban J connectivity index is 1.31. The molecular weight excluding hydrogens is 356 g/mol. The third-order valence-corrected chi connectivity index (χ3v) is 6.90. The van der Waals surface area contributed by atoms with E-state index in [-0.39, 0.29) is 41.4 Å². The highest BCUT2D eigenvalue weighted by molar-refractivity contribution is 6.10. The fraction of sp³-hybridized carbons (Fsp3) is 0.500. The first-order valence-electron chi connectivity index (χ1n) is 10.1. The van der Waals surface area contributed by atoms with Crippen LogP contribution in [0.25, 0.3) is 0 Å². The zero-order chi connectivity index (χ0) is 19.6. The average Bonchev–Trinajstić information content (AvgIpc) is 3.47. The molecule has 0 radical (unpaired) electrons. The Hall–Kier alpha value is -2.63. The second-order valence-electron chi connectivity index (χ2n) is 8.32. The lowest BCUT2D eigenvalue weighted by Crippen LogP contribution is -2.46. The van der Waals surface area contributed by atoms with Gasteiger partial charge in [-0.25, -0.2) is 0 Å². The summed E-state index contributed by atoms with van der Waals surface area (Å²) in [5.74, 6) is 0.939. The van der Waals surface area contributed by atoms with E-state index in [4.69, 9.17) is 4.74 Å². The van der Waals surface area contributed by atoms with Gasteiger partial charge in [0.15, 0.2) is 0 Å². The van der Waals surface area contributed by atoms with E-state index >= 15 is 0 Å². The van der Waals surface area contributed by atoms with Gasteiger partial charge in [0, 0.05) is 5.69 Å². The maximum Gasteiger partial charge on any atom is 0.247 e. The molecule has 0 spiro atoms. The molecule has 2 bridgehead atoms. The van der Waals surface area contributed by atoms with Gasteiger partial charge >= 0.3 is 0 Å². The predicted molar refractivity (Wildman–Crippen MR) is 102 cm³/mol. The predicted octanol–water partition coefficient (Wildman–Crippen LogP) is 2.47. The Bertz CT molecular complexity index is 841. The number of likely N-dealkylation sites (tertiary alicyclic amines) is 1. The van der Waals surface area contributed by atoms with Crippen LogP contribution in [0.2, 0.25) is 0 Å². The summed E-state index contributed by atoms with van der Waals surface area (Å²) in [6.45, 7) is 4.11. The monoisotopic (exact) mass is 380 g/mol. The van der Waals surface area contributed by atoms with E-state index in [9.17, 15) is 14.4 Å². The number of amides is 3. The van der Waals surface area contributed by atoms with Crippen molar-refractivity contribution < 1.29 is 19.1 Å². The quantitative estimate of drug-likeness (QED) is 0.629. The lowest BCUT2D eigenvalue weighted by atomic mass is 9.63. The number of nitrogens with zero attached hydrogens (tertiary/aromatic N) is 1. The van der Waals surface area contributed by atoms with E-state index in [2.05, 4.69) is 17.5 Å². The largest absolute Gasteiger partial charge is 0.494 e. The molecule has 3 fully saturated rings. The first kappa shape index (κ1) is 17.5. The molecule has 1 aromatic rings. The number of allylic oxidation sites excluding steroid dienone is 2. The maximum absolute atomic E-state index is 13.1. The molecule has 1 aromatic carbocycles. The van der Waals surface area contributed by atoms with E-state index in [1.165, 1.54) is 4.90 Å². The summed E-state index contributed by atoms with van der Waals surface area (Å²) in [6.07, 6.45) is 5.41. The summed E-state index contributed by atoms with van der Waals surface area (Å²) in [5.41, 5.74) is 0.611. The van der Waals surface area contributed by atoms with Gasteiger partial charge in [0.2, 0.25) is 17.7 Å². The topological polar surface area (TPSA) is 75.7 Å². The van der Waals surface area contributed by atoms with Crippen molar-refractivity contribution in [2.75, 3.05) is 11.9 Å². The molecule has 28 heavy (non-hydrogen) atoms. The van der Waals surface area contributed by atoms with Gasteiger partial charge in [0.05, 0.1) is 18.4 Å². The van der Waals surface area contributed by atoms with Crippen LogP contribution in [0.15, 0.2) is 36.4 Å². The number of benzene rings is 1. The summed E-state index contributed by atoms with van der Waals surface area (Å²) >= 11 is 0. The van der Waals surface area contributed by atoms with Gasteiger partial charge in [0.25, 0.3) is 0 Å². The van der Waals surface area contributed by atoms with Crippen LogP contribution in [-0.4, -0.2) is 35.3 Å². The normalized spacial score (nSPS) is 35.4. The summed E-state index contributed by atoms with van der Waals surface area (Å²) in [7, 11) is 0. The number of nitrogens with one attached hydrogen (secondary N) is 1. The van der Waals surface area contributed by atoms with Crippen molar-refractivity contribution >= 4 is 23.4 Å². The van der Waals surface area contributed by atoms with Crippen molar-refractivity contribution in [3.05, 3.63) is 36.4 Å². The molecule has 1 saturated heterocycles. The highest BCUT2D eigenvalue weighted by atomic mass is 16.5. The molecule has 1 aliphatic heterocycles. The number of rotatable bonds is 5. The highest BCUT2D eigenvalue weighted by Crippen LogP contribution is 2.65. The molecule has 4 aliphatic carbocycles. The first-order chi connectivity index (χ1) is 13.5. The van der Waals surface area contributed by atoms with Crippen LogP contribution >= 0.6 is 0 Å². The minimum absolute atomic E-state index is 0.169. The molecule has 2 saturated carbocycles. The molecule has 5 aliphatic rings. The number of imide groups is 1. The summed E-state index contributed by atoms with van der Waals surface area (Å²) < 4.78 is 5.40. The Morgan fingerprint density at radius 3 is 2.21 bits per heavy atom. The Kier molecular flexibility index (Phi) is 3.86. The standard InChI is InChI=1S/C22H24N2O4/c1-3-28-13-6-4-12(5-7-13)23-20(25)11(2)24-21(26)18-14-8-9-15(17-10-16(14)17)19(18)22(24)27/h4-9,11,14-19H,3,10H2,1-2H3,(H,23,25)/t11-,14-,15-,16-,17-,18+,19+/m0/s1. The average molecular weight is 380 g/mol. The lowest BCUT2D eigenvalue weighted by molar-refractivity contribution is -0.146. The second-order valence-corrected chi connectivity index (χ2v) is 8.32. The van der Waals surface area contributed by atoms with E-state index in [1.807, 2.05) is 6.92 Å². The molecule has 146 valence electrons. The summed E-state index contributed by atoms with van der Waals surface area (Å²) in [5, 5.41) is 2.81. The van der Waals surface area contributed by atoms with Crippen molar-refractivity contribution in [3.8, 4) is 5.75 Å². The van der Waals surface area contributed by atoms with Crippen molar-refractivity contribution in [1.29, 1.82) is 0 Å². The van der Waals surface area contributed by atoms with Crippen molar-refractivity contribution in [2.45, 2.75) is 26.3 Å². The fourth-order valence-corrected chi connectivity index (χ4v) is 5.53. The minimum atomic E-state index is -0.826. The maximum atomic E-state index is 13.1. The third kappa shape index (κ3) is 2.43. The van der Waals surface area contributed by atoms with Gasteiger partial charge in [-0.15, -0.1) is 0 Å². The van der Waals surface area contributed by atoms with Crippen LogP contribution in [0, 0.1) is 35.5 Å². The molecule has 6 heteroatoms. The molecule has 7 atom stereocenters. The number of ether oxygens (including phenoxy) is 1. The Labute approximate surface area is 163 Å². The zero-order valence-electron chi connectivity index (χ0n) is 16.0. The van der Waals surface area contributed by atoms with E-state index < -0.39 is 6.04 Å². The van der Waals surface area contributed by atoms with E-state index in [0.717, 1.165) is 12.2 Å². The Morgan fingerprint density at radius 2 is 1.68 bits per heavy atom. The molecular formula is C22H24N2O4. The third-order valence-electron chi connectivity index (χ3n) is 6.90. The van der Waals surface area contributed by atoms with E-state index in [1.54, 1.807) is 31.2 Å². The summed E-state index contributed by atoms with van der Waals surface area (Å²) in [6, 6.07) is 6.23. The molecule has 1 heterocycles. The molecule has 6 rings (SSSR count). The number of carbonyl (C=O) groups excluding carboxylic acids is 3. The van der Waals surface area contributed by atoms with Gasteiger partial charge in [0.1, 0.15) is 11.8 Å². The van der Waals surface area contributed by atoms with Crippen LogP contribution in [0.5, 0.6) is 5.75 Å². The van der Waals surface area contributed by atoms with Crippen LogP contribution in [0.4, 0.5) is 5.69 Å². The van der Waals surface area contributed by atoms with Crippen molar-refractivity contribution in [3.63, 3.8) is 0 Å². The van der Waals surface area contributed by atoms with Gasteiger partial charge in [-0.3, -0.25) is 19.3 Å². The minimum Gasteiger partial charge on any atom is -0.494 e. The van der Waals surface area contributed by atoms with Gasteiger partial charge in [-0.1, -0.05) is 12.2 Å². The number of hydrogen-bond donors (Lipinski definition) is 1. The van der Waals surface area contributed by atoms with E-state index in [0.29, 0.717) is 24.1 Å². The number of hydrogen-bond acceptors (Lipinski definition) is 4. The summed E-state index contributed by atoms with van der Waals surface area (Å²) in [4.78, 5) is 40.2. The smallest absolute Gasteiger partial charge is 0.247 e. The second kappa shape index (κ2) is 6.19. The lowest BCUT2D eigenvalue weighted by Gasteiger charge is -2.37. The highest BCUT2D eigenvalue weighted by Gasteiger charge is 2.67. The van der Waals surface area contributed by atoms with Crippen molar-refractivity contribution in [2.24, 2.45) is 35.5 Å². The fourth-order valence-electron chi connectivity index (χ4n) is 5.53. The van der Waals surface area contributed by atoms with Gasteiger partial charge in [-0.2, -0.15) is 0 Å². The Morgan fingerprint density at radius 1 is 1.11 bits per heavy atom. The molecule has 3 amide bonds. The van der Waals surface area contributed by atoms with Crippen LogP contribution in [0.1, 0.15) is 20.3 Å². The number of anilines is 1. The first-order valence-corrected chi connectivity index (χ1v) is 10.1. The molecule has 1 N–H and O–H groups in total. The zero-order valence-corrected chi connectivity index (χ0v) is 16.0. The SMILES string of the molecule is CCOc1ccc(NC(=O)[C@H](C)N2C(=O)[C@@H]3[C@H]4C=C[C@@H]([C@@H]5C[C@@H]45)[C@H]3C2=O)cc1. The molecule has 6 nitrogen and oxygen atoms in total. The van der Waals surface area contributed by atoms with Crippen LogP contribution in [0.3, 0.4) is 0 Å².